The van der Waals surface area contributed by atoms with Crippen molar-refractivity contribution < 1.29 is 18.8 Å². The van der Waals surface area contributed by atoms with Crippen LogP contribution in [0.2, 0.25) is 36.3 Å². The quantitative estimate of drug-likeness (QED) is 0.388. The number of ketones is 1. The van der Waals surface area contributed by atoms with E-state index in [1.807, 2.05) is 18.4 Å². The van der Waals surface area contributed by atoms with E-state index >= 15 is 0 Å². The molecule has 178 valence electrons. The minimum atomic E-state index is -2.08. The summed E-state index contributed by atoms with van der Waals surface area (Å²) in [7, 11) is -3.90. The van der Waals surface area contributed by atoms with Crippen molar-refractivity contribution in [1.82, 2.24) is 4.98 Å². The zero-order valence-corrected chi connectivity index (χ0v) is 24.2. The van der Waals surface area contributed by atoms with Gasteiger partial charge in [0.2, 0.25) is 0 Å². The molecule has 0 saturated carbocycles. The number of Topliss-reactive ketones (excluding diaryl/α,β-unsaturated/α-hetero) is 1. The van der Waals surface area contributed by atoms with Gasteiger partial charge in [-0.25, -0.2) is 4.98 Å². The summed E-state index contributed by atoms with van der Waals surface area (Å²) in [6.45, 7) is 24.1. The first-order valence-corrected chi connectivity index (χ1v) is 17.7. The van der Waals surface area contributed by atoms with E-state index in [1.54, 1.807) is 11.3 Å². The Morgan fingerprint density at radius 2 is 1.68 bits per heavy atom. The van der Waals surface area contributed by atoms with Crippen LogP contribution in [0, 0.1) is 0 Å². The van der Waals surface area contributed by atoms with E-state index in [9.17, 15) is 9.90 Å². The van der Waals surface area contributed by atoms with Gasteiger partial charge in [-0.2, -0.15) is 0 Å². The van der Waals surface area contributed by atoms with Gasteiger partial charge in [0.15, 0.2) is 22.4 Å². The van der Waals surface area contributed by atoms with Crippen molar-refractivity contribution in [2.24, 2.45) is 0 Å². The molecule has 0 spiro atoms. The van der Waals surface area contributed by atoms with Crippen molar-refractivity contribution in [3.8, 4) is 0 Å². The fraction of sp³-hybridized carbons (Fsp3) is 0.739. The van der Waals surface area contributed by atoms with Crippen LogP contribution < -0.4 is 0 Å². The Hall–Kier alpha value is -0.646. The van der Waals surface area contributed by atoms with Crippen LogP contribution in [0.3, 0.4) is 0 Å². The number of hydrogen-bond donors (Lipinski definition) is 1. The number of aliphatic hydroxyl groups is 1. The van der Waals surface area contributed by atoms with Crippen molar-refractivity contribution >= 4 is 39.8 Å². The van der Waals surface area contributed by atoms with Crippen LogP contribution in [0.4, 0.5) is 0 Å². The monoisotopic (exact) mass is 485 g/mol. The zero-order chi connectivity index (χ0) is 24.3. The largest absolute Gasteiger partial charge is 0.410 e. The zero-order valence-electron chi connectivity index (χ0n) is 21.4. The summed E-state index contributed by atoms with van der Waals surface area (Å²) >= 11 is 1.59. The second-order valence-electron chi connectivity index (χ2n) is 11.4. The van der Waals surface area contributed by atoms with E-state index in [4.69, 9.17) is 13.8 Å². The molecule has 31 heavy (non-hydrogen) atoms. The molecule has 0 aliphatic heterocycles. The van der Waals surface area contributed by atoms with Gasteiger partial charge in [-0.05, 0) is 54.8 Å². The summed E-state index contributed by atoms with van der Waals surface area (Å²) in [5, 5.41) is 12.4. The number of thiazole rings is 1. The predicted octanol–water partition coefficient (Wildman–Crippen LogP) is 6.41. The second-order valence-corrected chi connectivity index (χ2v) is 21.9. The molecular weight excluding hydrogens is 442 g/mol. The highest BCUT2D eigenvalue weighted by Gasteiger charge is 2.40. The van der Waals surface area contributed by atoms with Crippen LogP contribution in [0.15, 0.2) is 11.0 Å². The molecule has 1 atom stereocenters. The Bertz CT molecular complexity index is 773. The second kappa shape index (κ2) is 10.5. The molecule has 0 saturated heterocycles. The van der Waals surface area contributed by atoms with Crippen LogP contribution in [0.25, 0.3) is 6.08 Å². The molecule has 1 aromatic rings. The van der Waals surface area contributed by atoms with Crippen molar-refractivity contribution in [2.75, 3.05) is 6.61 Å². The lowest BCUT2D eigenvalue weighted by Gasteiger charge is -2.39. The van der Waals surface area contributed by atoms with Crippen molar-refractivity contribution in [3.63, 3.8) is 0 Å². The number of aliphatic hydroxyl groups excluding tert-OH is 1. The van der Waals surface area contributed by atoms with Gasteiger partial charge >= 0.3 is 0 Å². The maximum Gasteiger partial charge on any atom is 0.192 e. The van der Waals surface area contributed by atoms with E-state index in [-0.39, 0.29) is 28.4 Å². The Balaban J connectivity index is 3.02. The molecule has 1 heterocycles. The van der Waals surface area contributed by atoms with Gasteiger partial charge in [-0.15, -0.1) is 11.3 Å². The van der Waals surface area contributed by atoms with E-state index in [0.717, 1.165) is 16.3 Å². The third-order valence-corrected chi connectivity index (χ3v) is 16.5. The molecule has 1 aromatic heterocycles. The highest BCUT2D eigenvalue weighted by atomic mass is 32.1. The SMILES string of the molecule is C/C(=C\c1csc(CO[Si](C)(C)C(C)(C)C)n1)[C@H](CC(=O)CO)O[Si](C)(C)C(C)(C)C. The van der Waals surface area contributed by atoms with Crippen molar-refractivity contribution in [1.29, 1.82) is 0 Å². The van der Waals surface area contributed by atoms with Crippen LogP contribution in [0.1, 0.15) is 65.6 Å². The van der Waals surface area contributed by atoms with Gasteiger partial charge in [-0.3, -0.25) is 4.79 Å². The van der Waals surface area contributed by atoms with Gasteiger partial charge in [-0.1, -0.05) is 41.5 Å². The van der Waals surface area contributed by atoms with E-state index < -0.39 is 23.2 Å². The minimum absolute atomic E-state index is 0.0304. The average molecular weight is 486 g/mol. The van der Waals surface area contributed by atoms with Gasteiger partial charge in [0, 0.05) is 11.8 Å². The number of hydrogen-bond acceptors (Lipinski definition) is 6. The molecule has 0 radical (unpaired) electrons. The van der Waals surface area contributed by atoms with Crippen LogP contribution in [-0.2, 0) is 20.3 Å². The first kappa shape index (κ1) is 28.4. The highest BCUT2D eigenvalue weighted by molar-refractivity contribution is 7.09. The Kier molecular flexibility index (Phi) is 9.64. The smallest absolute Gasteiger partial charge is 0.192 e. The summed E-state index contributed by atoms with van der Waals surface area (Å²) in [5.74, 6) is -0.210. The van der Waals surface area contributed by atoms with Crippen molar-refractivity contribution in [3.05, 3.63) is 21.7 Å². The van der Waals surface area contributed by atoms with Gasteiger partial charge in [0.1, 0.15) is 11.6 Å². The molecule has 1 N–H and O–H groups in total. The Morgan fingerprint density at radius 1 is 1.13 bits per heavy atom. The number of nitrogens with zero attached hydrogens (tertiary/aromatic N) is 1. The Labute approximate surface area is 195 Å². The number of carbonyl (C=O) groups is 1. The van der Waals surface area contributed by atoms with Crippen molar-refractivity contribution in [2.45, 2.75) is 104 Å². The van der Waals surface area contributed by atoms with Crippen LogP contribution >= 0.6 is 11.3 Å². The average Bonchev–Trinajstić information content (AvgIpc) is 3.04. The predicted molar refractivity (Wildman–Crippen MR) is 137 cm³/mol. The van der Waals surface area contributed by atoms with E-state index in [1.165, 1.54) is 0 Å². The molecule has 8 heteroatoms. The summed E-state index contributed by atoms with van der Waals surface area (Å²) in [6.07, 6.45) is 1.82. The molecule has 1 rings (SSSR count). The highest BCUT2D eigenvalue weighted by Crippen LogP contribution is 2.39. The third-order valence-electron chi connectivity index (χ3n) is 6.65. The summed E-state index contributed by atoms with van der Waals surface area (Å²) in [5.41, 5.74) is 1.81. The van der Waals surface area contributed by atoms with Crippen LogP contribution in [0.5, 0.6) is 0 Å². The summed E-state index contributed by atoms with van der Waals surface area (Å²) in [4.78, 5) is 16.7. The minimum Gasteiger partial charge on any atom is -0.410 e. The Morgan fingerprint density at radius 3 is 2.16 bits per heavy atom. The lowest BCUT2D eigenvalue weighted by atomic mass is 10.1. The molecule has 0 aliphatic carbocycles. The summed E-state index contributed by atoms with van der Waals surface area (Å²) in [6, 6.07) is 0. The molecular formula is C23H43NO4SSi2. The first-order chi connectivity index (χ1) is 13.9. The molecule has 0 bridgehead atoms. The number of rotatable bonds is 10. The molecule has 0 fully saturated rings. The maximum atomic E-state index is 12.0. The van der Waals surface area contributed by atoms with E-state index in [0.29, 0.717) is 6.61 Å². The molecule has 0 amide bonds. The van der Waals surface area contributed by atoms with Gasteiger partial charge < -0.3 is 14.0 Å². The molecule has 0 unspecified atom stereocenters. The lowest BCUT2D eigenvalue weighted by molar-refractivity contribution is -0.123. The number of aromatic nitrogens is 1. The standard InChI is InChI=1S/C23H43NO4SSi2/c1-17(20(13-19(26)14-25)28-31(10,11)23(5,6)7)12-18-16-29-21(24-18)15-27-30(8,9)22(2,3)4/h12,16,20,25H,13-15H2,1-11H3/b17-12+/t20-/m0/s1. The van der Waals surface area contributed by atoms with E-state index in [2.05, 4.69) is 67.7 Å². The molecule has 0 aliphatic rings. The van der Waals surface area contributed by atoms with Gasteiger partial charge in [0.05, 0.1) is 18.4 Å². The van der Waals surface area contributed by atoms with Crippen LogP contribution in [-0.4, -0.2) is 45.2 Å². The topological polar surface area (TPSA) is 68.7 Å². The lowest BCUT2D eigenvalue weighted by Crippen LogP contribution is -2.44. The first-order valence-electron chi connectivity index (χ1n) is 11.0. The van der Waals surface area contributed by atoms with Gasteiger partial charge in [0.25, 0.3) is 0 Å². The third kappa shape index (κ3) is 8.33. The number of carbonyl (C=O) groups excluding carboxylic acids is 1. The molecule has 5 nitrogen and oxygen atoms in total. The fourth-order valence-corrected chi connectivity index (χ4v) is 5.37. The summed E-state index contributed by atoms with van der Waals surface area (Å²) < 4.78 is 12.8. The fourth-order valence-electron chi connectivity index (χ4n) is 2.34. The normalized spacial score (nSPS) is 15.3. The maximum absolute atomic E-state index is 12.0. The molecule has 0 aromatic carbocycles.